The maximum absolute atomic E-state index is 9.52. The van der Waals surface area contributed by atoms with Crippen molar-refractivity contribution in [2.75, 3.05) is 0 Å². The summed E-state index contributed by atoms with van der Waals surface area (Å²) < 4.78 is 0. The Labute approximate surface area is 62.7 Å². The third-order valence-electron chi connectivity index (χ3n) is 0.186. The molecule has 0 aliphatic rings. The van der Waals surface area contributed by atoms with Crippen molar-refractivity contribution in [3.63, 3.8) is 0 Å². The van der Waals surface area contributed by atoms with Crippen molar-refractivity contribution in [1.82, 2.24) is 0 Å². The molecule has 1 radical (unpaired) electrons. The summed E-state index contributed by atoms with van der Waals surface area (Å²) in [5, 5.41) is 0. The summed E-state index contributed by atoms with van der Waals surface area (Å²) in [6, 6.07) is 0. The van der Waals surface area contributed by atoms with E-state index >= 15 is 0 Å². The van der Waals surface area contributed by atoms with Crippen LogP contribution in [0, 0.1) is 13.5 Å². The molecule has 0 bridgehead atoms. The second kappa shape index (κ2) is 5.38. The predicted octanol–water partition coefficient (Wildman–Crippen LogP) is 0.376. The molecule has 0 rings (SSSR count). The van der Waals surface area contributed by atoms with Crippen LogP contribution >= 0.6 is 0 Å². The van der Waals surface area contributed by atoms with Crippen LogP contribution in [-0.4, -0.2) is 5.78 Å². The number of carbonyl (C=O) groups is 1. The Kier molecular flexibility index (Phi) is 8.64. The van der Waals surface area contributed by atoms with Crippen molar-refractivity contribution in [2.24, 2.45) is 0 Å². The molecule has 0 atom stereocenters. The van der Waals surface area contributed by atoms with Gasteiger partial charge in [0, 0.05) is 32.7 Å². The number of hydrogen-bond acceptors (Lipinski definition) is 1. The molecule has 0 saturated heterocycles. The van der Waals surface area contributed by atoms with E-state index in [2.05, 4.69) is 13.5 Å². The van der Waals surface area contributed by atoms with Gasteiger partial charge in [0.2, 0.25) is 0 Å². The maximum Gasteiger partial charge on any atom is 0 e. The van der Waals surface area contributed by atoms with Crippen molar-refractivity contribution in [3.8, 4) is 0 Å². The molecule has 0 N–H and O–H groups in total. The summed E-state index contributed by atoms with van der Waals surface area (Å²) >= 11 is 0. The number of allylic oxidation sites excluding steroid dienone is 1. The Morgan fingerprint density at radius 1 is 1.83 bits per heavy atom. The van der Waals surface area contributed by atoms with Crippen LogP contribution in [0.4, 0.5) is 0 Å². The smallest absolute Gasteiger partial charge is 0 e. The van der Waals surface area contributed by atoms with E-state index in [-0.39, 0.29) is 38.5 Å². The van der Waals surface area contributed by atoms with E-state index in [1.54, 1.807) is 0 Å². The van der Waals surface area contributed by atoms with E-state index < -0.39 is 0 Å². The van der Waals surface area contributed by atoms with E-state index in [0.29, 0.717) is 0 Å². The SMILES string of the molecule is [CH-]=CC([CH2-])=O.[Y]. The average molecular weight is 157 g/mol. The van der Waals surface area contributed by atoms with Gasteiger partial charge in [0.25, 0.3) is 0 Å². The molecule has 0 aliphatic carbocycles. The molecule has 0 spiro atoms. The minimum atomic E-state index is -0.343. The second-order valence-electron chi connectivity index (χ2n) is 0.633. The fraction of sp³-hybridized carbons (Fsp3) is 0. The van der Waals surface area contributed by atoms with Gasteiger partial charge < -0.3 is 17.4 Å². The number of rotatable bonds is 1. The van der Waals surface area contributed by atoms with Crippen molar-refractivity contribution in [2.45, 2.75) is 0 Å². The predicted molar refractivity (Wildman–Crippen MR) is 19.2 cm³/mol. The zero-order valence-electron chi connectivity index (χ0n) is 3.35. The Bertz CT molecular complexity index is 58.6. The molecular formula is C4H4OY-2. The normalized spacial score (nSPS) is 5.33. The zero-order chi connectivity index (χ0) is 4.28. The van der Waals surface area contributed by atoms with Crippen molar-refractivity contribution in [1.29, 1.82) is 0 Å². The largest absolute Gasteiger partial charge is 0.443 e. The first-order valence-corrected chi connectivity index (χ1v) is 1.18. The topological polar surface area (TPSA) is 17.1 Å². The van der Waals surface area contributed by atoms with Crippen LogP contribution in [-0.2, 0) is 37.5 Å². The van der Waals surface area contributed by atoms with Gasteiger partial charge in [-0.2, -0.15) is 0 Å². The number of hydrogen-bond donors (Lipinski definition) is 0. The second-order valence-corrected chi connectivity index (χ2v) is 0.633. The fourth-order valence-corrected chi connectivity index (χ4v) is 0. The van der Waals surface area contributed by atoms with Crippen LogP contribution in [0.1, 0.15) is 0 Å². The molecule has 0 aromatic rings. The molecule has 0 saturated carbocycles. The summed E-state index contributed by atoms with van der Waals surface area (Å²) in [6.07, 6.45) is 0.917. The van der Waals surface area contributed by atoms with Crippen molar-refractivity contribution >= 4 is 5.78 Å². The Morgan fingerprint density at radius 2 is 2.00 bits per heavy atom. The summed E-state index contributed by atoms with van der Waals surface area (Å²) in [6.45, 7) is 7.57. The molecule has 31 valence electrons. The third-order valence-corrected chi connectivity index (χ3v) is 0.186. The molecule has 0 aromatic heterocycles. The molecule has 0 aromatic carbocycles. The molecule has 0 amide bonds. The van der Waals surface area contributed by atoms with E-state index in [0.717, 1.165) is 6.08 Å². The standard InChI is InChI=1S/C4H4O.Y/c1-3-4(2)5;/h1,3H,2H2;/q-2;. The number of carbonyl (C=O) groups excluding carboxylic acids is 1. The quantitative estimate of drug-likeness (QED) is 0.397. The molecule has 0 unspecified atom stereocenters. The average Bonchev–Trinajstić information content (AvgIpc) is 1.38. The van der Waals surface area contributed by atoms with Gasteiger partial charge in [0.05, 0.1) is 0 Å². The first-order chi connectivity index (χ1) is 2.27. The molecule has 0 aliphatic heterocycles. The molecule has 2 heteroatoms. The van der Waals surface area contributed by atoms with Gasteiger partial charge in [0.1, 0.15) is 0 Å². The van der Waals surface area contributed by atoms with E-state index in [9.17, 15) is 4.79 Å². The van der Waals surface area contributed by atoms with Crippen molar-refractivity contribution in [3.05, 3.63) is 19.6 Å². The van der Waals surface area contributed by atoms with Gasteiger partial charge in [0.15, 0.2) is 0 Å². The van der Waals surface area contributed by atoms with E-state index in [1.807, 2.05) is 0 Å². The van der Waals surface area contributed by atoms with E-state index in [1.165, 1.54) is 0 Å². The zero-order valence-corrected chi connectivity index (χ0v) is 6.19. The van der Waals surface area contributed by atoms with Crippen molar-refractivity contribution < 1.29 is 37.5 Å². The Hall–Kier alpha value is 0.384. The van der Waals surface area contributed by atoms with Gasteiger partial charge in [-0.25, -0.2) is 0 Å². The van der Waals surface area contributed by atoms with Crippen LogP contribution in [0.5, 0.6) is 0 Å². The van der Waals surface area contributed by atoms with E-state index in [4.69, 9.17) is 0 Å². The molecule has 0 heterocycles. The summed E-state index contributed by atoms with van der Waals surface area (Å²) in [5.41, 5.74) is 0. The minimum absolute atomic E-state index is 0. The summed E-state index contributed by atoms with van der Waals surface area (Å²) in [7, 11) is 0. The van der Waals surface area contributed by atoms with Crippen LogP contribution in [0.3, 0.4) is 0 Å². The van der Waals surface area contributed by atoms with Crippen LogP contribution < -0.4 is 0 Å². The first-order valence-electron chi connectivity index (χ1n) is 1.18. The van der Waals surface area contributed by atoms with Gasteiger partial charge in [-0.3, -0.25) is 6.92 Å². The Balaban J connectivity index is 0. The first kappa shape index (κ1) is 9.63. The van der Waals surface area contributed by atoms with Gasteiger partial charge in [-0.05, 0) is 0 Å². The molecule has 6 heavy (non-hydrogen) atoms. The Morgan fingerprint density at radius 3 is 2.00 bits per heavy atom. The summed E-state index contributed by atoms with van der Waals surface area (Å²) in [5.74, 6) is -0.343. The minimum Gasteiger partial charge on any atom is -0.443 e. The van der Waals surface area contributed by atoms with Gasteiger partial charge in [-0.15, -0.1) is 5.78 Å². The van der Waals surface area contributed by atoms with Crippen LogP contribution in [0.2, 0.25) is 0 Å². The van der Waals surface area contributed by atoms with Gasteiger partial charge in [-0.1, -0.05) is 0 Å². The van der Waals surface area contributed by atoms with Crippen LogP contribution in [0.15, 0.2) is 6.08 Å². The van der Waals surface area contributed by atoms with Crippen LogP contribution in [0.25, 0.3) is 0 Å². The van der Waals surface area contributed by atoms with Gasteiger partial charge >= 0.3 is 0 Å². The molecular weight excluding hydrogens is 153 g/mol. The third kappa shape index (κ3) is 8.83. The summed E-state index contributed by atoms with van der Waals surface area (Å²) in [4.78, 5) is 9.52. The maximum atomic E-state index is 9.52. The molecule has 0 fully saturated rings. The fourth-order valence-electron chi connectivity index (χ4n) is 0. The number of ketones is 1. The monoisotopic (exact) mass is 157 g/mol. The molecule has 1 nitrogen and oxygen atoms in total.